The highest BCUT2D eigenvalue weighted by molar-refractivity contribution is 6.00. The summed E-state index contributed by atoms with van der Waals surface area (Å²) in [5.41, 5.74) is 1.21. The van der Waals surface area contributed by atoms with Crippen molar-refractivity contribution in [1.82, 2.24) is 9.78 Å². The number of furan rings is 1. The summed E-state index contributed by atoms with van der Waals surface area (Å²) in [6.07, 6.45) is 4.69. The van der Waals surface area contributed by atoms with Crippen molar-refractivity contribution in [2.24, 2.45) is 0 Å². The Hall–Kier alpha value is -3.13. The highest BCUT2D eigenvalue weighted by Crippen LogP contribution is 2.25. The van der Waals surface area contributed by atoms with Crippen LogP contribution in [0.25, 0.3) is 11.3 Å². The summed E-state index contributed by atoms with van der Waals surface area (Å²) in [5.74, 6) is 0.0455. The van der Waals surface area contributed by atoms with Crippen LogP contribution in [0.3, 0.4) is 0 Å². The molecule has 0 saturated heterocycles. The number of benzene rings is 1. The van der Waals surface area contributed by atoms with Crippen LogP contribution >= 0.6 is 0 Å². The topological polar surface area (TPSA) is 81.3 Å². The van der Waals surface area contributed by atoms with Crippen LogP contribution in [-0.4, -0.2) is 29.5 Å². The fourth-order valence-corrected chi connectivity index (χ4v) is 2.24. The first-order valence-corrected chi connectivity index (χ1v) is 7.58. The van der Waals surface area contributed by atoms with Crippen molar-refractivity contribution in [2.45, 2.75) is 6.54 Å². The van der Waals surface area contributed by atoms with Crippen molar-refractivity contribution in [2.75, 3.05) is 24.4 Å². The lowest BCUT2D eigenvalue weighted by molar-refractivity contribution is 0.183. The number of urea groups is 1. The predicted octanol–water partition coefficient (Wildman–Crippen LogP) is 3.57. The van der Waals surface area contributed by atoms with Crippen LogP contribution < -0.4 is 10.6 Å². The fourth-order valence-electron chi connectivity index (χ4n) is 2.24. The van der Waals surface area contributed by atoms with Gasteiger partial charge in [-0.05, 0) is 30.3 Å². The minimum absolute atomic E-state index is 0.0539. The van der Waals surface area contributed by atoms with Gasteiger partial charge in [-0.25, -0.2) is 9.18 Å². The molecule has 2 N–H and O–H groups in total. The monoisotopic (exact) mass is 344 g/mol. The van der Waals surface area contributed by atoms with Gasteiger partial charge in [-0.3, -0.25) is 4.68 Å². The molecule has 25 heavy (non-hydrogen) atoms. The van der Waals surface area contributed by atoms with Crippen LogP contribution in [-0.2, 0) is 11.3 Å². The first kappa shape index (κ1) is 16.7. The van der Waals surface area contributed by atoms with Crippen LogP contribution in [0.5, 0.6) is 0 Å². The van der Waals surface area contributed by atoms with Gasteiger partial charge in [-0.1, -0.05) is 0 Å². The summed E-state index contributed by atoms with van der Waals surface area (Å²) in [6.45, 7) is 1.08. The Kier molecular flexibility index (Phi) is 5.10. The maximum Gasteiger partial charge on any atom is 0.323 e. The summed E-state index contributed by atoms with van der Waals surface area (Å²) in [4.78, 5) is 12.1. The third-order valence-corrected chi connectivity index (χ3v) is 3.44. The highest BCUT2D eigenvalue weighted by atomic mass is 19.1. The third-order valence-electron chi connectivity index (χ3n) is 3.44. The second-order valence-corrected chi connectivity index (χ2v) is 5.24. The largest absolute Gasteiger partial charge is 0.464 e. The quantitative estimate of drug-likeness (QED) is 0.716. The molecule has 0 spiro atoms. The molecule has 2 heterocycles. The average Bonchev–Trinajstić information content (AvgIpc) is 3.27. The molecule has 2 aromatic heterocycles. The smallest absolute Gasteiger partial charge is 0.323 e. The van der Waals surface area contributed by atoms with E-state index < -0.39 is 11.8 Å². The fraction of sp³-hybridized carbons (Fsp3) is 0.176. The van der Waals surface area contributed by atoms with Gasteiger partial charge in [0.05, 0.1) is 37.0 Å². The first-order chi connectivity index (χ1) is 12.2. The molecule has 0 aliphatic rings. The van der Waals surface area contributed by atoms with Crippen molar-refractivity contribution in [1.29, 1.82) is 0 Å². The van der Waals surface area contributed by atoms with E-state index in [4.69, 9.17) is 9.15 Å². The SMILES string of the molecule is COCCn1cc(NC(=O)Nc2cc(-c3ccco3)ccc2F)cn1. The average molecular weight is 344 g/mol. The lowest BCUT2D eigenvalue weighted by Crippen LogP contribution is -2.20. The Labute approximate surface area is 143 Å². The lowest BCUT2D eigenvalue weighted by Gasteiger charge is -2.08. The van der Waals surface area contributed by atoms with Crippen molar-refractivity contribution in [3.63, 3.8) is 0 Å². The zero-order chi connectivity index (χ0) is 17.6. The van der Waals surface area contributed by atoms with E-state index in [0.717, 1.165) is 0 Å². The predicted molar refractivity (Wildman–Crippen MR) is 90.8 cm³/mol. The Morgan fingerprint density at radius 2 is 2.24 bits per heavy atom. The van der Waals surface area contributed by atoms with E-state index in [0.29, 0.717) is 30.2 Å². The van der Waals surface area contributed by atoms with Crippen LogP contribution in [0, 0.1) is 5.82 Å². The number of amides is 2. The molecule has 0 fully saturated rings. The maximum atomic E-state index is 14.0. The molecule has 0 saturated carbocycles. The van der Waals surface area contributed by atoms with Gasteiger partial charge in [-0.15, -0.1) is 0 Å². The molecule has 2 amide bonds. The molecule has 0 atom stereocenters. The number of carbonyl (C=O) groups is 1. The van der Waals surface area contributed by atoms with E-state index in [9.17, 15) is 9.18 Å². The van der Waals surface area contributed by atoms with Crippen LogP contribution in [0.15, 0.2) is 53.4 Å². The van der Waals surface area contributed by atoms with Crippen LogP contribution in [0.2, 0.25) is 0 Å². The molecule has 3 aromatic rings. The Balaban J connectivity index is 1.66. The van der Waals surface area contributed by atoms with Gasteiger partial charge in [0, 0.05) is 18.9 Å². The maximum absolute atomic E-state index is 14.0. The van der Waals surface area contributed by atoms with Crippen molar-refractivity contribution in [3.05, 3.63) is 54.8 Å². The number of aromatic nitrogens is 2. The Bertz CT molecular complexity index is 845. The summed E-state index contributed by atoms with van der Waals surface area (Å²) in [7, 11) is 1.60. The number of methoxy groups -OCH3 is 1. The minimum atomic E-state index is -0.568. The van der Waals surface area contributed by atoms with E-state index in [1.54, 1.807) is 36.2 Å². The Morgan fingerprint density at radius 3 is 3.00 bits per heavy atom. The number of carbonyl (C=O) groups excluding carboxylic acids is 1. The summed E-state index contributed by atoms with van der Waals surface area (Å²) < 4.78 is 25.8. The number of halogens is 1. The molecule has 3 rings (SSSR count). The first-order valence-electron chi connectivity index (χ1n) is 7.58. The Morgan fingerprint density at radius 1 is 1.36 bits per heavy atom. The molecule has 0 bridgehead atoms. The number of anilines is 2. The lowest BCUT2D eigenvalue weighted by atomic mass is 10.1. The molecule has 8 heteroatoms. The standard InChI is InChI=1S/C17H17FN4O3/c1-24-8-6-22-11-13(10-19-22)20-17(23)21-15-9-12(4-5-14(15)18)16-3-2-7-25-16/h2-5,7,9-11H,6,8H2,1H3,(H2,20,21,23). The highest BCUT2D eigenvalue weighted by Gasteiger charge is 2.11. The van der Waals surface area contributed by atoms with Gasteiger partial charge in [0.25, 0.3) is 0 Å². The number of nitrogens with one attached hydrogen (secondary N) is 2. The van der Waals surface area contributed by atoms with Crippen molar-refractivity contribution >= 4 is 17.4 Å². The number of hydrogen-bond acceptors (Lipinski definition) is 4. The van der Waals surface area contributed by atoms with Crippen molar-refractivity contribution < 1.29 is 18.3 Å². The van der Waals surface area contributed by atoms with Gasteiger partial charge in [0.2, 0.25) is 0 Å². The molecular weight excluding hydrogens is 327 g/mol. The van der Waals surface area contributed by atoms with E-state index in [-0.39, 0.29) is 5.69 Å². The van der Waals surface area contributed by atoms with E-state index >= 15 is 0 Å². The number of nitrogens with zero attached hydrogens (tertiary/aromatic N) is 2. The van der Waals surface area contributed by atoms with E-state index in [1.165, 1.54) is 24.6 Å². The summed E-state index contributed by atoms with van der Waals surface area (Å²) >= 11 is 0. The third kappa shape index (κ3) is 4.24. The van der Waals surface area contributed by atoms with Gasteiger partial charge in [0.15, 0.2) is 0 Å². The van der Waals surface area contributed by atoms with Crippen molar-refractivity contribution in [3.8, 4) is 11.3 Å². The second kappa shape index (κ2) is 7.63. The molecular formula is C17H17FN4O3. The van der Waals surface area contributed by atoms with Gasteiger partial charge < -0.3 is 19.8 Å². The zero-order valence-corrected chi connectivity index (χ0v) is 13.5. The minimum Gasteiger partial charge on any atom is -0.464 e. The number of hydrogen-bond donors (Lipinski definition) is 2. The molecule has 0 aliphatic heterocycles. The van der Waals surface area contributed by atoms with Gasteiger partial charge in [-0.2, -0.15) is 5.10 Å². The zero-order valence-electron chi connectivity index (χ0n) is 13.5. The molecule has 0 unspecified atom stereocenters. The second-order valence-electron chi connectivity index (χ2n) is 5.24. The van der Waals surface area contributed by atoms with Gasteiger partial charge in [0.1, 0.15) is 11.6 Å². The molecule has 130 valence electrons. The number of ether oxygens (including phenoxy) is 1. The molecule has 1 aromatic carbocycles. The number of rotatable bonds is 6. The van der Waals surface area contributed by atoms with Crippen LogP contribution in [0.4, 0.5) is 20.6 Å². The van der Waals surface area contributed by atoms with Gasteiger partial charge >= 0.3 is 6.03 Å². The van der Waals surface area contributed by atoms with E-state index in [1.807, 2.05) is 0 Å². The summed E-state index contributed by atoms with van der Waals surface area (Å²) in [5, 5.41) is 9.18. The summed E-state index contributed by atoms with van der Waals surface area (Å²) in [6, 6.07) is 7.29. The van der Waals surface area contributed by atoms with Crippen LogP contribution in [0.1, 0.15) is 0 Å². The normalized spacial score (nSPS) is 10.6. The molecule has 0 aliphatic carbocycles. The molecule has 0 radical (unpaired) electrons. The molecule has 7 nitrogen and oxygen atoms in total. The van der Waals surface area contributed by atoms with E-state index in [2.05, 4.69) is 15.7 Å².